The van der Waals surface area contributed by atoms with Gasteiger partial charge in [-0.2, -0.15) is 0 Å². The van der Waals surface area contributed by atoms with E-state index in [2.05, 4.69) is 15.5 Å². The van der Waals surface area contributed by atoms with Crippen LogP contribution < -0.4 is 19.5 Å². The molecule has 1 aromatic heterocycles. The Bertz CT molecular complexity index is 923. The van der Waals surface area contributed by atoms with Gasteiger partial charge in [0.1, 0.15) is 12.4 Å². The van der Waals surface area contributed by atoms with Crippen LogP contribution in [0.4, 0.5) is 6.01 Å². The van der Waals surface area contributed by atoms with Crippen LogP contribution >= 0.6 is 0 Å². The van der Waals surface area contributed by atoms with Gasteiger partial charge in [0.15, 0.2) is 11.5 Å². The second-order valence-electron chi connectivity index (χ2n) is 5.49. The third-order valence-corrected chi connectivity index (χ3v) is 3.79. The number of aromatic nitrogens is 2. The van der Waals surface area contributed by atoms with Gasteiger partial charge in [-0.1, -0.05) is 17.2 Å². The average Bonchev–Trinajstić information content (AvgIpc) is 3.16. The summed E-state index contributed by atoms with van der Waals surface area (Å²) in [5, 5.41) is 10.3. The fourth-order valence-electron chi connectivity index (χ4n) is 2.46. The summed E-state index contributed by atoms with van der Waals surface area (Å²) >= 11 is 0. The van der Waals surface area contributed by atoms with Crippen LogP contribution in [0, 0.1) is 0 Å². The number of para-hydroxylation sites is 2. The molecule has 1 N–H and O–H groups in total. The van der Waals surface area contributed by atoms with Crippen molar-refractivity contribution in [1.82, 2.24) is 10.2 Å². The fraction of sp³-hybridized carbons (Fsp3) is 0.167. The van der Waals surface area contributed by atoms with E-state index in [1.54, 1.807) is 43.5 Å². The van der Waals surface area contributed by atoms with Gasteiger partial charge >= 0.3 is 6.01 Å². The summed E-state index contributed by atoms with van der Waals surface area (Å²) in [5.74, 6) is 1.70. The third kappa shape index (κ3) is 3.16. The smallest absolute Gasteiger partial charge is 0.322 e. The summed E-state index contributed by atoms with van der Waals surface area (Å²) in [6.45, 7) is 0.0995. The van der Waals surface area contributed by atoms with E-state index in [-0.39, 0.29) is 18.5 Å². The molecule has 2 aromatic carbocycles. The van der Waals surface area contributed by atoms with E-state index in [1.165, 1.54) is 0 Å². The average molecular weight is 353 g/mol. The highest BCUT2D eigenvalue weighted by atomic mass is 16.6. The molecular formula is C18H15N3O5. The maximum atomic E-state index is 12.3. The molecule has 0 fully saturated rings. The first-order valence-corrected chi connectivity index (χ1v) is 7.90. The molecular weight excluding hydrogens is 338 g/mol. The van der Waals surface area contributed by atoms with Gasteiger partial charge in [-0.15, -0.1) is 5.10 Å². The van der Waals surface area contributed by atoms with Gasteiger partial charge in [0.25, 0.3) is 5.91 Å². The highest BCUT2D eigenvalue weighted by molar-refractivity contribution is 5.93. The van der Waals surface area contributed by atoms with Crippen LogP contribution in [0.2, 0.25) is 0 Å². The van der Waals surface area contributed by atoms with Gasteiger partial charge in [-0.05, 0) is 36.4 Å². The lowest BCUT2D eigenvalue weighted by Gasteiger charge is -2.24. The number of fused-ring (bicyclic) bond motifs is 1. The number of benzene rings is 2. The van der Waals surface area contributed by atoms with E-state index in [0.717, 1.165) is 5.75 Å². The first-order chi connectivity index (χ1) is 12.7. The quantitative estimate of drug-likeness (QED) is 0.770. The van der Waals surface area contributed by atoms with Crippen LogP contribution in [0.3, 0.4) is 0 Å². The zero-order valence-corrected chi connectivity index (χ0v) is 13.8. The molecule has 1 atom stereocenters. The molecule has 0 aliphatic carbocycles. The molecule has 3 aromatic rings. The number of amides is 1. The largest absolute Gasteiger partial charge is 0.497 e. The van der Waals surface area contributed by atoms with Crippen LogP contribution in [0.25, 0.3) is 11.5 Å². The Morgan fingerprint density at radius 1 is 1.12 bits per heavy atom. The second kappa shape index (κ2) is 6.75. The summed E-state index contributed by atoms with van der Waals surface area (Å²) in [7, 11) is 1.59. The van der Waals surface area contributed by atoms with Crippen molar-refractivity contribution in [3.63, 3.8) is 0 Å². The van der Waals surface area contributed by atoms with E-state index in [4.69, 9.17) is 18.6 Å². The molecule has 0 unspecified atom stereocenters. The van der Waals surface area contributed by atoms with Gasteiger partial charge < -0.3 is 18.6 Å². The predicted molar refractivity (Wildman–Crippen MR) is 91.3 cm³/mol. The topological polar surface area (TPSA) is 95.7 Å². The van der Waals surface area contributed by atoms with Gasteiger partial charge in [-0.3, -0.25) is 10.1 Å². The van der Waals surface area contributed by atoms with Crippen LogP contribution in [0.5, 0.6) is 17.2 Å². The molecule has 1 aliphatic rings. The predicted octanol–water partition coefficient (Wildman–Crippen LogP) is 2.52. The van der Waals surface area contributed by atoms with Crippen LogP contribution in [0.15, 0.2) is 52.9 Å². The van der Waals surface area contributed by atoms with Gasteiger partial charge in [-0.25, -0.2) is 0 Å². The molecule has 0 radical (unpaired) electrons. The summed E-state index contributed by atoms with van der Waals surface area (Å²) in [4.78, 5) is 12.3. The SMILES string of the molecule is COc1ccc(-c2nnc(NC(=O)[C@@H]3COc4ccccc4O3)o2)cc1. The Kier molecular flexibility index (Phi) is 4.14. The highest BCUT2D eigenvalue weighted by Gasteiger charge is 2.28. The molecule has 0 spiro atoms. The minimum atomic E-state index is -0.804. The summed E-state index contributed by atoms with van der Waals surface area (Å²) < 4.78 is 21.8. The standard InChI is InChI=1S/C18H15N3O5/c1-23-12-8-6-11(7-9-12)17-20-21-18(26-17)19-16(22)15-10-24-13-4-2-3-5-14(13)25-15/h2-9,15H,10H2,1H3,(H,19,21,22)/t15-/m0/s1. The molecule has 1 aliphatic heterocycles. The number of anilines is 1. The number of methoxy groups -OCH3 is 1. The molecule has 8 nitrogen and oxygen atoms in total. The molecule has 26 heavy (non-hydrogen) atoms. The number of hydrogen-bond acceptors (Lipinski definition) is 7. The van der Waals surface area contributed by atoms with Crippen molar-refractivity contribution >= 4 is 11.9 Å². The van der Waals surface area contributed by atoms with Crippen molar-refractivity contribution in [3.05, 3.63) is 48.5 Å². The molecule has 2 heterocycles. The number of nitrogens with zero attached hydrogens (tertiary/aromatic N) is 2. The minimum Gasteiger partial charge on any atom is -0.497 e. The zero-order chi connectivity index (χ0) is 17.9. The van der Waals surface area contributed by atoms with Crippen molar-refractivity contribution in [2.24, 2.45) is 0 Å². The fourth-order valence-corrected chi connectivity index (χ4v) is 2.46. The van der Waals surface area contributed by atoms with Crippen molar-refractivity contribution in [2.45, 2.75) is 6.10 Å². The molecule has 4 rings (SSSR count). The number of nitrogens with one attached hydrogen (secondary N) is 1. The maximum absolute atomic E-state index is 12.3. The van der Waals surface area contributed by atoms with E-state index in [9.17, 15) is 4.79 Å². The lowest BCUT2D eigenvalue weighted by molar-refractivity contribution is -0.125. The Hall–Kier alpha value is -3.55. The monoisotopic (exact) mass is 353 g/mol. The summed E-state index contributed by atoms with van der Waals surface area (Å²) in [6.07, 6.45) is -0.804. The highest BCUT2D eigenvalue weighted by Crippen LogP contribution is 2.31. The molecule has 1 amide bonds. The van der Waals surface area contributed by atoms with Crippen molar-refractivity contribution < 1.29 is 23.4 Å². The van der Waals surface area contributed by atoms with Gasteiger partial charge in [0.2, 0.25) is 12.0 Å². The Morgan fingerprint density at radius 2 is 1.88 bits per heavy atom. The Balaban J connectivity index is 1.43. The zero-order valence-electron chi connectivity index (χ0n) is 13.8. The van der Waals surface area contributed by atoms with Crippen LogP contribution in [-0.4, -0.2) is 35.9 Å². The first kappa shape index (κ1) is 15.9. The van der Waals surface area contributed by atoms with E-state index < -0.39 is 12.0 Å². The second-order valence-corrected chi connectivity index (χ2v) is 5.49. The molecule has 0 saturated carbocycles. The number of carbonyl (C=O) groups is 1. The van der Waals surface area contributed by atoms with Crippen LogP contribution in [0.1, 0.15) is 0 Å². The summed E-state index contributed by atoms with van der Waals surface area (Å²) in [6, 6.07) is 14.3. The third-order valence-electron chi connectivity index (χ3n) is 3.79. The maximum Gasteiger partial charge on any atom is 0.322 e. The van der Waals surface area contributed by atoms with Crippen molar-refractivity contribution in [1.29, 1.82) is 0 Å². The van der Waals surface area contributed by atoms with E-state index >= 15 is 0 Å². The summed E-state index contributed by atoms with van der Waals surface area (Å²) in [5.41, 5.74) is 0.713. The number of ether oxygens (including phenoxy) is 3. The Labute approximate surface area is 148 Å². The van der Waals surface area contributed by atoms with E-state index in [0.29, 0.717) is 17.1 Å². The van der Waals surface area contributed by atoms with Crippen molar-refractivity contribution in [2.75, 3.05) is 19.0 Å². The Morgan fingerprint density at radius 3 is 2.65 bits per heavy atom. The number of hydrogen-bond donors (Lipinski definition) is 1. The lowest BCUT2D eigenvalue weighted by atomic mass is 10.2. The first-order valence-electron chi connectivity index (χ1n) is 7.90. The molecule has 8 heteroatoms. The lowest BCUT2D eigenvalue weighted by Crippen LogP contribution is -2.40. The van der Waals surface area contributed by atoms with Gasteiger partial charge in [0, 0.05) is 5.56 Å². The minimum absolute atomic E-state index is 0.0109. The molecule has 0 saturated heterocycles. The normalized spacial score (nSPS) is 15.3. The van der Waals surface area contributed by atoms with Crippen molar-refractivity contribution in [3.8, 4) is 28.7 Å². The number of rotatable bonds is 4. The van der Waals surface area contributed by atoms with Gasteiger partial charge in [0.05, 0.1) is 7.11 Å². The molecule has 0 bridgehead atoms. The number of carbonyl (C=O) groups excluding carboxylic acids is 1. The van der Waals surface area contributed by atoms with E-state index in [1.807, 2.05) is 12.1 Å². The molecule has 132 valence electrons. The van der Waals surface area contributed by atoms with Crippen LogP contribution in [-0.2, 0) is 4.79 Å².